The molecular weight excluding hydrogens is 240 g/mol. The van der Waals surface area contributed by atoms with E-state index in [1.165, 1.54) is 30.5 Å². The van der Waals surface area contributed by atoms with Gasteiger partial charge in [0.25, 0.3) is 0 Å². The molecule has 3 rings (SSSR count). The molecule has 0 saturated heterocycles. The molecule has 1 N–H and O–H groups in total. The lowest BCUT2D eigenvalue weighted by Crippen LogP contribution is -2.12. The Kier molecular flexibility index (Phi) is 3.08. The molecule has 2 atom stereocenters. The fraction of sp³-hybridized carbons (Fsp3) is 0.400. The summed E-state index contributed by atoms with van der Waals surface area (Å²) in [7, 11) is 0. The smallest absolute Gasteiger partial charge is 0.177 e. The van der Waals surface area contributed by atoms with Gasteiger partial charge in [-0.1, -0.05) is 43.7 Å². The Morgan fingerprint density at radius 1 is 1.22 bits per heavy atom. The number of nitrogens with zero attached hydrogens (tertiary/aromatic N) is 1. The number of imidazole rings is 1. The van der Waals surface area contributed by atoms with Gasteiger partial charge in [0, 0.05) is 12.2 Å². The quantitative estimate of drug-likeness (QED) is 0.782. The first-order valence-electron chi connectivity index (χ1n) is 6.62. The lowest BCUT2D eigenvalue weighted by atomic mass is 10.1. The topological polar surface area (TPSA) is 20.7 Å². The van der Waals surface area contributed by atoms with E-state index >= 15 is 0 Å². The van der Waals surface area contributed by atoms with Crippen LogP contribution in [0.2, 0.25) is 0 Å². The second kappa shape index (κ2) is 4.73. The van der Waals surface area contributed by atoms with E-state index < -0.39 is 0 Å². The molecule has 94 valence electrons. The summed E-state index contributed by atoms with van der Waals surface area (Å²) in [6.07, 6.45) is 5.91. The van der Waals surface area contributed by atoms with E-state index in [9.17, 15) is 0 Å². The summed E-state index contributed by atoms with van der Waals surface area (Å²) < 4.78 is 3.18. The van der Waals surface area contributed by atoms with Crippen LogP contribution in [0.25, 0.3) is 11.3 Å². The minimum absolute atomic E-state index is 0.555. The van der Waals surface area contributed by atoms with E-state index in [0.29, 0.717) is 6.04 Å². The van der Waals surface area contributed by atoms with Crippen molar-refractivity contribution in [2.45, 2.75) is 32.2 Å². The molecule has 1 saturated carbocycles. The Hall–Kier alpha value is -1.35. The zero-order valence-electron chi connectivity index (χ0n) is 10.6. The molecule has 1 aliphatic rings. The number of aromatic nitrogens is 2. The fourth-order valence-electron chi connectivity index (χ4n) is 3.05. The number of hydrogen-bond donors (Lipinski definition) is 1. The third-order valence-corrected chi connectivity index (χ3v) is 4.34. The predicted octanol–water partition coefficient (Wildman–Crippen LogP) is 4.57. The minimum atomic E-state index is 0.555. The van der Waals surface area contributed by atoms with Crippen molar-refractivity contribution in [2.24, 2.45) is 5.92 Å². The standard InChI is InChI=1S/C15H18N2S/c1-11-6-5-9-13(11)17-14(10-16-15(17)18)12-7-3-2-4-8-12/h2-4,7-8,10-11,13H,5-6,9H2,1H3,(H,16,18). The average molecular weight is 258 g/mol. The number of H-pyrrole nitrogens is 1. The Bertz CT molecular complexity index is 582. The summed E-state index contributed by atoms with van der Waals surface area (Å²) in [6, 6.07) is 11.1. The highest BCUT2D eigenvalue weighted by Gasteiger charge is 2.27. The molecular formula is C15H18N2S. The van der Waals surface area contributed by atoms with Gasteiger partial charge in [0.05, 0.1) is 5.69 Å². The highest BCUT2D eigenvalue weighted by Crippen LogP contribution is 2.38. The maximum absolute atomic E-state index is 5.47. The second-order valence-corrected chi connectivity index (χ2v) is 5.58. The number of nitrogens with one attached hydrogen (secondary N) is 1. The molecule has 0 radical (unpaired) electrons. The lowest BCUT2D eigenvalue weighted by Gasteiger charge is -2.20. The maximum Gasteiger partial charge on any atom is 0.177 e. The first-order chi connectivity index (χ1) is 8.77. The van der Waals surface area contributed by atoms with Gasteiger partial charge in [-0.2, -0.15) is 0 Å². The molecule has 1 aromatic carbocycles. The van der Waals surface area contributed by atoms with Crippen molar-refractivity contribution in [3.63, 3.8) is 0 Å². The summed E-state index contributed by atoms with van der Waals surface area (Å²) in [5.41, 5.74) is 2.46. The molecule has 2 aromatic rings. The van der Waals surface area contributed by atoms with E-state index in [2.05, 4.69) is 40.7 Å². The summed E-state index contributed by atoms with van der Waals surface area (Å²) in [4.78, 5) is 3.21. The van der Waals surface area contributed by atoms with Crippen LogP contribution < -0.4 is 0 Å². The molecule has 0 aliphatic heterocycles. The largest absolute Gasteiger partial charge is 0.337 e. The van der Waals surface area contributed by atoms with Gasteiger partial charge >= 0.3 is 0 Å². The highest BCUT2D eigenvalue weighted by molar-refractivity contribution is 7.71. The molecule has 2 unspecified atom stereocenters. The van der Waals surface area contributed by atoms with Crippen molar-refractivity contribution in [3.8, 4) is 11.3 Å². The van der Waals surface area contributed by atoms with Crippen LogP contribution in [0.5, 0.6) is 0 Å². The average Bonchev–Trinajstić information content (AvgIpc) is 2.96. The maximum atomic E-state index is 5.47. The third-order valence-electron chi connectivity index (χ3n) is 4.03. The van der Waals surface area contributed by atoms with Crippen LogP contribution >= 0.6 is 12.2 Å². The normalized spacial score (nSPS) is 23.4. The van der Waals surface area contributed by atoms with Crippen LogP contribution in [0.15, 0.2) is 36.5 Å². The van der Waals surface area contributed by atoms with Crippen molar-refractivity contribution in [1.29, 1.82) is 0 Å². The summed E-state index contributed by atoms with van der Waals surface area (Å²) in [6.45, 7) is 2.33. The van der Waals surface area contributed by atoms with Crippen LogP contribution in [-0.2, 0) is 0 Å². The number of rotatable bonds is 2. The van der Waals surface area contributed by atoms with E-state index in [4.69, 9.17) is 12.2 Å². The first-order valence-corrected chi connectivity index (χ1v) is 7.03. The van der Waals surface area contributed by atoms with Gasteiger partial charge in [0.2, 0.25) is 0 Å². The molecule has 1 fully saturated rings. The summed E-state index contributed by atoms with van der Waals surface area (Å²) in [5, 5.41) is 0. The second-order valence-electron chi connectivity index (χ2n) is 5.19. The number of benzene rings is 1. The van der Waals surface area contributed by atoms with Crippen LogP contribution in [0.4, 0.5) is 0 Å². The zero-order chi connectivity index (χ0) is 12.5. The first kappa shape index (κ1) is 11.7. The van der Waals surface area contributed by atoms with E-state index in [1.807, 2.05) is 12.3 Å². The van der Waals surface area contributed by atoms with Crippen LogP contribution in [-0.4, -0.2) is 9.55 Å². The van der Waals surface area contributed by atoms with Crippen molar-refractivity contribution in [3.05, 3.63) is 41.3 Å². The van der Waals surface area contributed by atoms with Gasteiger partial charge in [-0.05, 0) is 36.5 Å². The molecule has 1 aromatic heterocycles. The van der Waals surface area contributed by atoms with Crippen molar-refractivity contribution >= 4 is 12.2 Å². The van der Waals surface area contributed by atoms with Gasteiger partial charge in [-0.3, -0.25) is 0 Å². The van der Waals surface area contributed by atoms with Gasteiger partial charge in [-0.15, -0.1) is 0 Å². The Morgan fingerprint density at radius 3 is 2.67 bits per heavy atom. The van der Waals surface area contributed by atoms with Gasteiger partial charge in [0.15, 0.2) is 4.77 Å². The molecule has 0 spiro atoms. The lowest BCUT2D eigenvalue weighted by molar-refractivity contribution is 0.407. The van der Waals surface area contributed by atoms with Gasteiger partial charge < -0.3 is 9.55 Å². The Morgan fingerprint density at radius 2 is 2.00 bits per heavy atom. The van der Waals surface area contributed by atoms with Crippen LogP contribution in [0.1, 0.15) is 32.2 Å². The molecule has 0 bridgehead atoms. The van der Waals surface area contributed by atoms with Crippen LogP contribution in [0.3, 0.4) is 0 Å². The van der Waals surface area contributed by atoms with E-state index in [-0.39, 0.29) is 0 Å². The molecule has 0 amide bonds. The fourth-order valence-corrected chi connectivity index (χ4v) is 3.34. The number of hydrogen-bond acceptors (Lipinski definition) is 1. The molecule has 1 heterocycles. The highest BCUT2D eigenvalue weighted by atomic mass is 32.1. The molecule has 2 nitrogen and oxygen atoms in total. The third kappa shape index (κ3) is 1.93. The SMILES string of the molecule is CC1CCCC1n1c(-c2ccccc2)c[nH]c1=S. The molecule has 1 aliphatic carbocycles. The van der Waals surface area contributed by atoms with Crippen molar-refractivity contribution < 1.29 is 0 Å². The van der Waals surface area contributed by atoms with Crippen molar-refractivity contribution in [2.75, 3.05) is 0 Å². The molecule has 3 heteroatoms. The minimum Gasteiger partial charge on any atom is -0.337 e. The zero-order valence-corrected chi connectivity index (χ0v) is 11.4. The monoisotopic (exact) mass is 258 g/mol. The summed E-state index contributed by atoms with van der Waals surface area (Å²) in [5.74, 6) is 0.718. The van der Waals surface area contributed by atoms with E-state index in [0.717, 1.165) is 10.7 Å². The van der Waals surface area contributed by atoms with Gasteiger partial charge in [-0.25, -0.2) is 0 Å². The number of aromatic amines is 1. The molecule has 18 heavy (non-hydrogen) atoms. The predicted molar refractivity (Wildman–Crippen MR) is 77.1 cm³/mol. The van der Waals surface area contributed by atoms with E-state index in [1.54, 1.807) is 0 Å². The van der Waals surface area contributed by atoms with Crippen LogP contribution in [0, 0.1) is 10.7 Å². The Labute approximate surface area is 113 Å². The Balaban J connectivity index is 2.10. The summed E-state index contributed by atoms with van der Waals surface area (Å²) >= 11 is 5.47. The van der Waals surface area contributed by atoms with Crippen molar-refractivity contribution in [1.82, 2.24) is 9.55 Å². The van der Waals surface area contributed by atoms with Gasteiger partial charge in [0.1, 0.15) is 0 Å².